The Morgan fingerprint density at radius 3 is 2.42 bits per heavy atom. The summed E-state index contributed by atoms with van der Waals surface area (Å²) in [5.41, 5.74) is -0.513. The van der Waals surface area contributed by atoms with Gasteiger partial charge in [0.05, 0.1) is 0 Å². The smallest absolute Gasteiger partial charge is 0.325 e. The molecule has 2 rings (SSSR count). The standard InChI is InChI=1S/C18H24N4O4/c1-3-10-18(13-8-6-5-7-9-13)15(24)22(17(26)21-18)12-14(23)20-16(25)19-11-4-2/h5-9H,3-4,10-12H2,1-2H3,(H,21,26)(H2,19,20,23,25)/t18-/m0/s1. The van der Waals surface area contributed by atoms with Crippen LogP contribution in [-0.4, -0.2) is 41.9 Å². The molecule has 1 aromatic carbocycles. The highest BCUT2D eigenvalue weighted by Crippen LogP contribution is 2.33. The number of benzene rings is 1. The van der Waals surface area contributed by atoms with Crippen LogP contribution in [0.25, 0.3) is 0 Å². The fourth-order valence-corrected chi connectivity index (χ4v) is 2.97. The third-order valence-electron chi connectivity index (χ3n) is 4.16. The second kappa shape index (κ2) is 8.46. The summed E-state index contributed by atoms with van der Waals surface area (Å²) in [5.74, 6) is -1.21. The van der Waals surface area contributed by atoms with Gasteiger partial charge in [-0.2, -0.15) is 0 Å². The minimum absolute atomic E-state index is 0.413. The van der Waals surface area contributed by atoms with Crippen LogP contribution in [0, 0.1) is 0 Å². The summed E-state index contributed by atoms with van der Waals surface area (Å²) < 4.78 is 0. The molecule has 1 saturated heterocycles. The monoisotopic (exact) mass is 360 g/mol. The molecule has 0 saturated carbocycles. The zero-order chi connectivity index (χ0) is 19.2. The number of nitrogens with one attached hydrogen (secondary N) is 3. The number of urea groups is 2. The minimum atomic E-state index is -1.18. The Labute approximate surface area is 152 Å². The van der Waals surface area contributed by atoms with Gasteiger partial charge in [-0.1, -0.05) is 50.6 Å². The van der Waals surface area contributed by atoms with Gasteiger partial charge < -0.3 is 10.6 Å². The zero-order valence-electron chi connectivity index (χ0n) is 15.0. The highest BCUT2D eigenvalue weighted by Gasteiger charge is 2.52. The SMILES string of the molecule is CCCNC(=O)NC(=O)CN1C(=O)N[C@@](CCC)(c2ccccc2)C1=O. The summed E-state index contributed by atoms with van der Waals surface area (Å²) in [6.07, 6.45) is 1.81. The Kier molecular flexibility index (Phi) is 6.32. The van der Waals surface area contributed by atoms with Gasteiger partial charge in [-0.25, -0.2) is 9.59 Å². The maximum Gasteiger partial charge on any atom is 0.325 e. The fraction of sp³-hybridized carbons (Fsp3) is 0.444. The molecular weight excluding hydrogens is 336 g/mol. The van der Waals surface area contributed by atoms with Gasteiger partial charge in [0.15, 0.2) is 0 Å². The van der Waals surface area contributed by atoms with Crippen molar-refractivity contribution in [1.29, 1.82) is 0 Å². The van der Waals surface area contributed by atoms with Gasteiger partial charge >= 0.3 is 12.1 Å². The zero-order valence-corrected chi connectivity index (χ0v) is 15.0. The highest BCUT2D eigenvalue weighted by molar-refractivity contribution is 6.10. The van der Waals surface area contributed by atoms with Crippen molar-refractivity contribution in [2.24, 2.45) is 0 Å². The molecule has 1 aromatic rings. The molecule has 8 heteroatoms. The van der Waals surface area contributed by atoms with Crippen molar-refractivity contribution in [3.63, 3.8) is 0 Å². The first-order valence-corrected chi connectivity index (χ1v) is 8.72. The quantitative estimate of drug-likeness (QED) is 0.640. The lowest BCUT2D eigenvalue weighted by Gasteiger charge is -2.26. The van der Waals surface area contributed by atoms with Gasteiger partial charge in [-0.15, -0.1) is 0 Å². The van der Waals surface area contributed by atoms with Gasteiger partial charge in [-0.3, -0.25) is 19.8 Å². The van der Waals surface area contributed by atoms with Crippen LogP contribution in [0.2, 0.25) is 0 Å². The van der Waals surface area contributed by atoms with Crippen molar-refractivity contribution in [3.8, 4) is 0 Å². The van der Waals surface area contributed by atoms with E-state index < -0.39 is 36.0 Å². The minimum Gasteiger partial charge on any atom is -0.338 e. The molecule has 6 amide bonds. The fourth-order valence-electron chi connectivity index (χ4n) is 2.97. The van der Waals surface area contributed by atoms with Gasteiger partial charge in [0, 0.05) is 6.54 Å². The van der Waals surface area contributed by atoms with E-state index in [1.165, 1.54) is 0 Å². The van der Waals surface area contributed by atoms with Crippen LogP contribution in [0.1, 0.15) is 38.7 Å². The van der Waals surface area contributed by atoms with E-state index >= 15 is 0 Å². The molecule has 0 spiro atoms. The van der Waals surface area contributed by atoms with Crippen LogP contribution in [0.5, 0.6) is 0 Å². The number of hydrogen-bond donors (Lipinski definition) is 3. The molecule has 1 atom stereocenters. The number of carbonyl (C=O) groups excluding carboxylic acids is 4. The lowest BCUT2D eigenvalue weighted by atomic mass is 9.85. The largest absolute Gasteiger partial charge is 0.338 e. The van der Waals surface area contributed by atoms with Crippen molar-refractivity contribution >= 4 is 23.9 Å². The van der Waals surface area contributed by atoms with Crippen molar-refractivity contribution in [3.05, 3.63) is 35.9 Å². The summed E-state index contributed by atoms with van der Waals surface area (Å²) in [4.78, 5) is 49.8. The highest BCUT2D eigenvalue weighted by atomic mass is 16.2. The Morgan fingerprint density at radius 2 is 1.81 bits per heavy atom. The molecule has 3 N–H and O–H groups in total. The molecule has 0 aliphatic carbocycles. The van der Waals surface area contributed by atoms with E-state index in [0.29, 0.717) is 24.9 Å². The van der Waals surface area contributed by atoms with Crippen LogP contribution < -0.4 is 16.0 Å². The molecule has 0 unspecified atom stereocenters. The lowest BCUT2D eigenvalue weighted by Crippen LogP contribution is -2.47. The predicted molar refractivity (Wildman–Crippen MR) is 95.1 cm³/mol. The number of nitrogens with zero attached hydrogens (tertiary/aromatic N) is 1. The average molecular weight is 360 g/mol. The topological polar surface area (TPSA) is 108 Å². The van der Waals surface area contributed by atoms with E-state index in [4.69, 9.17) is 0 Å². The molecule has 0 aromatic heterocycles. The van der Waals surface area contributed by atoms with E-state index in [0.717, 1.165) is 11.3 Å². The molecule has 1 aliphatic rings. The van der Waals surface area contributed by atoms with Gasteiger partial charge in [0.1, 0.15) is 12.1 Å². The molecule has 140 valence electrons. The van der Waals surface area contributed by atoms with E-state index in [2.05, 4.69) is 16.0 Å². The third kappa shape index (κ3) is 4.01. The van der Waals surface area contributed by atoms with E-state index in [9.17, 15) is 19.2 Å². The van der Waals surface area contributed by atoms with Gasteiger partial charge in [0.2, 0.25) is 5.91 Å². The summed E-state index contributed by atoms with van der Waals surface area (Å²) >= 11 is 0. The molecule has 1 aliphatic heterocycles. The van der Waals surface area contributed by atoms with Gasteiger partial charge in [-0.05, 0) is 18.4 Å². The number of amides is 6. The van der Waals surface area contributed by atoms with Crippen LogP contribution in [0.3, 0.4) is 0 Å². The summed E-state index contributed by atoms with van der Waals surface area (Å²) in [6.45, 7) is 3.71. The molecule has 1 heterocycles. The maximum absolute atomic E-state index is 13.0. The normalized spacial score (nSPS) is 19.2. The second-order valence-electron chi connectivity index (χ2n) is 6.15. The number of carbonyl (C=O) groups is 4. The molecule has 0 bridgehead atoms. The van der Waals surface area contributed by atoms with E-state index in [-0.39, 0.29) is 0 Å². The molecule has 0 radical (unpaired) electrons. The first-order valence-electron chi connectivity index (χ1n) is 8.72. The van der Waals surface area contributed by atoms with Crippen LogP contribution >= 0.6 is 0 Å². The van der Waals surface area contributed by atoms with Crippen molar-refractivity contribution in [1.82, 2.24) is 20.9 Å². The Bertz CT molecular complexity index is 692. The Hall–Kier alpha value is -2.90. The average Bonchev–Trinajstić information content (AvgIpc) is 2.86. The maximum atomic E-state index is 13.0. The second-order valence-corrected chi connectivity index (χ2v) is 6.15. The van der Waals surface area contributed by atoms with Crippen LogP contribution in [-0.2, 0) is 15.1 Å². The molecule has 8 nitrogen and oxygen atoms in total. The Balaban J connectivity index is 2.14. The summed E-state index contributed by atoms with van der Waals surface area (Å²) in [5, 5.41) is 7.35. The van der Waals surface area contributed by atoms with Crippen LogP contribution in [0.4, 0.5) is 9.59 Å². The summed E-state index contributed by atoms with van der Waals surface area (Å²) in [6, 6.07) is 7.66. The van der Waals surface area contributed by atoms with Crippen molar-refractivity contribution < 1.29 is 19.2 Å². The first kappa shape index (κ1) is 19.4. The molecule has 26 heavy (non-hydrogen) atoms. The summed E-state index contributed by atoms with van der Waals surface area (Å²) in [7, 11) is 0. The molecular formula is C18H24N4O4. The third-order valence-corrected chi connectivity index (χ3v) is 4.16. The van der Waals surface area contributed by atoms with Crippen LogP contribution in [0.15, 0.2) is 30.3 Å². The van der Waals surface area contributed by atoms with E-state index in [1.54, 1.807) is 24.3 Å². The number of imide groups is 2. The van der Waals surface area contributed by atoms with Gasteiger partial charge in [0.25, 0.3) is 5.91 Å². The number of hydrogen-bond acceptors (Lipinski definition) is 4. The molecule has 1 fully saturated rings. The Morgan fingerprint density at radius 1 is 1.12 bits per heavy atom. The number of rotatable bonds is 7. The first-order chi connectivity index (χ1) is 12.4. The van der Waals surface area contributed by atoms with E-state index in [1.807, 2.05) is 19.9 Å². The predicted octanol–water partition coefficient (Wildman–Crippen LogP) is 1.47. The lowest BCUT2D eigenvalue weighted by molar-refractivity contribution is -0.135. The van der Waals surface area contributed by atoms with Crippen molar-refractivity contribution in [2.45, 2.75) is 38.6 Å². The van der Waals surface area contributed by atoms with Crippen molar-refractivity contribution in [2.75, 3.05) is 13.1 Å².